The summed E-state index contributed by atoms with van der Waals surface area (Å²) in [5.74, 6) is -0.444. The van der Waals surface area contributed by atoms with Crippen molar-refractivity contribution in [1.29, 1.82) is 0 Å². The van der Waals surface area contributed by atoms with E-state index in [0.717, 1.165) is 133 Å². The molecule has 6 aromatic rings. The number of benzene rings is 4. The number of piperazine rings is 2. The van der Waals surface area contributed by atoms with Crippen LogP contribution in [0.4, 0.5) is 4.79 Å². The van der Waals surface area contributed by atoms with Crippen LogP contribution in [0, 0.1) is 0 Å². The van der Waals surface area contributed by atoms with Crippen molar-refractivity contribution < 1.29 is 64.5 Å². The molecule has 4 fully saturated rings. The topological polar surface area (TPSA) is 280 Å². The molecule has 540 valence electrons. The van der Waals surface area contributed by atoms with Crippen LogP contribution in [0.5, 0.6) is 11.5 Å². The van der Waals surface area contributed by atoms with Crippen LogP contribution in [0.25, 0.3) is 56.5 Å². The third kappa shape index (κ3) is 18.2. The van der Waals surface area contributed by atoms with Gasteiger partial charge in [-0.1, -0.05) is 50.7 Å². The first-order valence-corrected chi connectivity index (χ1v) is 38.2. The van der Waals surface area contributed by atoms with E-state index in [2.05, 4.69) is 38.2 Å². The number of aromatic nitrogens is 2. The first-order valence-electron chi connectivity index (χ1n) is 34.1. The monoisotopic (exact) mass is 1450 g/mol. The van der Waals surface area contributed by atoms with E-state index in [1.54, 1.807) is 43.4 Å². The lowest BCUT2D eigenvalue weighted by Gasteiger charge is -2.35. The third-order valence-electron chi connectivity index (χ3n) is 19.1. The maximum Gasteiger partial charge on any atom is 0.410 e. The van der Waals surface area contributed by atoms with E-state index in [-0.39, 0.29) is 54.7 Å². The van der Waals surface area contributed by atoms with Crippen LogP contribution in [0.3, 0.4) is 0 Å². The molecule has 0 unspecified atom stereocenters. The zero-order chi connectivity index (χ0) is 71.5. The highest BCUT2D eigenvalue weighted by Gasteiger charge is 2.35. The second-order valence-corrected chi connectivity index (χ2v) is 30.5. The molecule has 24 nitrogen and oxygen atoms in total. The third-order valence-corrected chi connectivity index (χ3v) is 21.2. The Kier molecular flexibility index (Phi) is 25.2. The molecule has 4 aromatic carbocycles. The SMILES string of the molecule is COC(=O)C1=Cc2cc(OC)ccc2-c2c(C3CCCCC3)c3ccc(C(=O)NS(=O)(=O)NCCN4CCN(C(=O)OC(C)(C)C)CC4)cc3n2C1.COC(=O)C1=Cc2cc(OC)ccc2-c2c(C3CCCCC3)c3ccc(C(=O)NS(=O)(=O)NCCN4CCNCC4)cc3n2C1.ClCCl. The number of ether oxygens (including phenoxy) is 5. The predicted molar refractivity (Wildman–Crippen MR) is 388 cm³/mol. The van der Waals surface area contributed by atoms with Gasteiger partial charge in [-0.3, -0.25) is 19.4 Å². The van der Waals surface area contributed by atoms with Gasteiger partial charge in [0.15, 0.2) is 0 Å². The number of alkyl halides is 2. The zero-order valence-electron chi connectivity index (χ0n) is 57.9. The highest BCUT2D eigenvalue weighted by Crippen LogP contribution is 2.49. The Morgan fingerprint density at radius 2 is 0.960 bits per heavy atom. The van der Waals surface area contributed by atoms with Crippen molar-refractivity contribution in [3.8, 4) is 34.0 Å². The number of esters is 2. The molecule has 2 saturated carbocycles. The van der Waals surface area contributed by atoms with E-state index in [1.165, 1.54) is 38.2 Å². The minimum absolute atomic E-state index is 0.0812. The van der Waals surface area contributed by atoms with E-state index >= 15 is 0 Å². The number of rotatable bonds is 18. The Balaban J connectivity index is 0.000000210. The highest BCUT2D eigenvalue weighted by molar-refractivity contribution is 7.88. The van der Waals surface area contributed by atoms with Gasteiger partial charge in [0.2, 0.25) is 0 Å². The molecule has 2 aliphatic carbocycles. The summed E-state index contributed by atoms with van der Waals surface area (Å²) >= 11 is 9.53. The Morgan fingerprint density at radius 3 is 1.35 bits per heavy atom. The molecule has 2 aromatic heterocycles. The fraction of sp³-hybridized carbons (Fsp3) is 0.486. The van der Waals surface area contributed by atoms with Gasteiger partial charge in [0.25, 0.3) is 11.8 Å². The largest absolute Gasteiger partial charge is 0.497 e. The molecule has 12 rings (SSSR count). The number of hydrogen-bond acceptors (Lipinski definition) is 17. The predicted octanol–water partition coefficient (Wildman–Crippen LogP) is 9.88. The summed E-state index contributed by atoms with van der Waals surface area (Å²) in [6.45, 7) is 12.7. The van der Waals surface area contributed by atoms with E-state index in [0.29, 0.717) is 67.8 Å². The van der Waals surface area contributed by atoms with Gasteiger partial charge in [-0.2, -0.15) is 26.3 Å². The number of hydrogen-bond donors (Lipinski definition) is 5. The number of methoxy groups -OCH3 is 4. The van der Waals surface area contributed by atoms with Gasteiger partial charge in [0, 0.05) is 123 Å². The number of nitrogens with one attached hydrogen (secondary N) is 5. The Bertz CT molecular complexity index is 4290. The van der Waals surface area contributed by atoms with Gasteiger partial charge < -0.3 is 43.0 Å². The highest BCUT2D eigenvalue weighted by atomic mass is 35.5. The van der Waals surface area contributed by atoms with Crippen molar-refractivity contribution in [3.63, 3.8) is 0 Å². The summed E-state index contributed by atoms with van der Waals surface area (Å²) in [6.07, 6.45) is 14.4. The van der Waals surface area contributed by atoms with Crippen molar-refractivity contribution >= 4 is 107 Å². The van der Waals surface area contributed by atoms with Gasteiger partial charge in [0.05, 0.1) is 69.4 Å². The molecule has 5 N–H and O–H groups in total. The van der Waals surface area contributed by atoms with Crippen LogP contribution in [0.2, 0.25) is 0 Å². The number of fused-ring (bicyclic) bond motifs is 10. The van der Waals surface area contributed by atoms with Crippen LogP contribution in [0.1, 0.15) is 140 Å². The second-order valence-electron chi connectivity index (χ2n) is 26.7. The van der Waals surface area contributed by atoms with Crippen molar-refractivity contribution in [1.82, 2.24) is 48.0 Å². The lowest BCUT2D eigenvalue weighted by molar-refractivity contribution is -0.137. The number of halogens is 2. The van der Waals surface area contributed by atoms with Crippen LogP contribution in [-0.2, 0) is 57.3 Å². The van der Waals surface area contributed by atoms with Crippen LogP contribution in [-0.4, -0.2) is 188 Å². The van der Waals surface area contributed by atoms with E-state index in [9.17, 15) is 40.8 Å². The molecule has 0 bridgehead atoms. The Hall–Kier alpha value is -7.53. The Morgan fingerprint density at radius 1 is 0.550 bits per heavy atom. The van der Waals surface area contributed by atoms with Gasteiger partial charge in [0.1, 0.15) is 17.1 Å². The summed E-state index contributed by atoms with van der Waals surface area (Å²) in [5.41, 5.74) is 10.2. The maximum atomic E-state index is 13.5. The summed E-state index contributed by atoms with van der Waals surface area (Å²) in [7, 11) is -2.32. The smallest absolute Gasteiger partial charge is 0.410 e. The van der Waals surface area contributed by atoms with Crippen molar-refractivity contribution in [2.75, 3.05) is 112 Å². The summed E-state index contributed by atoms with van der Waals surface area (Å²) in [6, 6.07) is 22.3. The number of nitrogens with zero attached hydrogens (tertiary/aromatic N) is 5. The van der Waals surface area contributed by atoms with Crippen LogP contribution >= 0.6 is 23.2 Å². The quantitative estimate of drug-likeness (QED) is 0.0304. The number of carbonyl (C=O) groups is 5. The molecule has 28 heteroatoms. The fourth-order valence-corrected chi connectivity index (χ4v) is 16.0. The molecule has 0 spiro atoms. The molecule has 100 heavy (non-hydrogen) atoms. The van der Waals surface area contributed by atoms with Gasteiger partial charge in [-0.25, -0.2) is 23.8 Å². The van der Waals surface area contributed by atoms with Crippen LogP contribution < -0.4 is 33.7 Å². The molecule has 0 radical (unpaired) electrons. The maximum absolute atomic E-state index is 13.5. The van der Waals surface area contributed by atoms with Crippen molar-refractivity contribution in [2.24, 2.45) is 0 Å². The molecular weight excluding hydrogens is 1360 g/mol. The zero-order valence-corrected chi connectivity index (χ0v) is 61.1. The van der Waals surface area contributed by atoms with E-state index < -0.39 is 49.8 Å². The van der Waals surface area contributed by atoms with Gasteiger partial charge in [-0.05, 0) is 153 Å². The first-order chi connectivity index (χ1) is 48.0. The van der Waals surface area contributed by atoms with E-state index in [4.69, 9.17) is 46.9 Å². The van der Waals surface area contributed by atoms with Crippen LogP contribution in [0.15, 0.2) is 83.9 Å². The molecule has 6 heterocycles. The minimum atomic E-state index is -4.18. The average Bonchev–Trinajstić information content (AvgIpc) is 1.58. The fourth-order valence-electron chi connectivity index (χ4n) is 14.4. The first kappa shape index (κ1) is 75.1. The summed E-state index contributed by atoms with van der Waals surface area (Å²) in [5, 5.41) is 5.44. The van der Waals surface area contributed by atoms with Gasteiger partial charge >= 0.3 is 38.5 Å². The molecule has 4 aliphatic heterocycles. The lowest BCUT2D eigenvalue weighted by atomic mass is 9.81. The molecule has 6 aliphatic rings. The van der Waals surface area contributed by atoms with Crippen molar-refractivity contribution in [3.05, 3.63) is 117 Å². The normalized spacial score (nSPS) is 17.0. The molecule has 2 saturated heterocycles. The minimum Gasteiger partial charge on any atom is -0.497 e. The molecule has 3 amide bonds. The van der Waals surface area contributed by atoms with Gasteiger partial charge in [-0.15, -0.1) is 23.2 Å². The number of amides is 3. The molecular formula is C72H92Cl2N10O14S2. The summed E-state index contributed by atoms with van der Waals surface area (Å²) < 4.78 is 91.9. The standard InChI is InChI=1S/C38H49N5O8S.C33H41N5O6S.CH2Cl2/c1-38(2,3)51-37(46)42-19-17-41(18-20-42)16-15-39-52(47,48)40-35(44)26-11-13-31-32(23-26)43-24-28(36(45)50-5)21-27-22-29(49-4)12-14-30(27)34(43)33(31)25-9-7-6-8-10-25;1-43-26-9-11-27-24(19-26)18-25(33(40)44-2)21-38-29-20-23(8-10-28(29)30(31(27)38)22-6-4-3-5-7-22)32(39)36-45(41,42)35-14-17-37-15-12-34-13-16-37;2-1-3/h11-14,21-23,25,39H,6-10,15-20,24H2,1-5H3,(H,40,44);8-11,18-20,22,34-35H,3-7,12-17,21H2,1-2H3,(H,36,39);1H2. The molecule has 0 atom stereocenters. The Labute approximate surface area is 595 Å². The van der Waals surface area contributed by atoms with Crippen molar-refractivity contribution in [2.45, 2.75) is 116 Å². The lowest BCUT2D eigenvalue weighted by Crippen LogP contribution is -2.51. The summed E-state index contributed by atoms with van der Waals surface area (Å²) in [4.78, 5) is 71.1. The number of carbonyl (C=O) groups excluding carboxylic acids is 5. The van der Waals surface area contributed by atoms with E-state index in [1.807, 2.05) is 86.4 Å². The average molecular weight is 1460 g/mol. The second kappa shape index (κ2) is 33.5.